The number of rotatable bonds is 0. The first kappa shape index (κ1) is 7.13. The molecule has 0 nitrogen and oxygen atoms in total. The molecule has 1 aromatic carbocycles. The van der Waals surface area contributed by atoms with Crippen LogP contribution >= 0.6 is 23.2 Å². The lowest BCUT2D eigenvalue weighted by Crippen LogP contribution is -2.02. The first-order valence-corrected chi connectivity index (χ1v) is 3.63. The van der Waals surface area contributed by atoms with E-state index >= 15 is 0 Å². The molecular weight excluding hydrogens is 171 g/mol. The smallest absolute Gasteiger partial charge is 0.0733 e. The topological polar surface area (TPSA) is 0 Å². The van der Waals surface area contributed by atoms with Crippen molar-refractivity contribution < 1.29 is 0 Å². The molecule has 0 atom stereocenters. The van der Waals surface area contributed by atoms with Crippen molar-refractivity contribution in [2.75, 3.05) is 0 Å². The van der Waals surface area contributed by atoms with E-state index in [0.717, 1.165) is 5.19 Å². The van der Waals surface area contributed by atoms with Crippen molar-refractivity contribution in [3.63, 3.8) is 0 Å². The van der Waals surface area contributed by atoms with E-state index in [2.05, 4.69) is 10.2 Å². The van der Waals surface area contributed by atoms with Gasteiger partial charge in [0.25, 0.3) is 0 Å². The van der Waals surface area contributed by atoms with Crippen molar-refractivity contribution in [2.24, 2.45) is 0 Å². The summed E-state index contributed by atoms with van der Waals surface area (Å²) in [6.45, 7) is 0. The molecule has 0 bridgehead atoms. The monoisotopic (exact) mass is 173 g/mol. The van der Waals surface area contributed by atoms with Gasteiger partial charge in [-0.05, 0) is 11.3 Å². The first-order valence-electron chi connectivity index (χ1n) is 2.37. The Labute approximate surface area is 67.2 Å². The van der Waals surface area contributed by atoms with Crippen LogP contribution in [0.5, 0.6) is 0 Å². The van der Waals surface area contributed by atoms with Crippen LogP contribution in [0.15, 0.2) is 18.2 Å². The van der Waals surface area contributed by atoms with Crippen molar-refractivity contribution in [1.29, 1.82) is 0 Å². The average molecular weight is 174 g/mol. The number of benzene rings is 1. The lowest BCUT2D eigenvalue weighted by atomic mass is 10.4. The van der Waals surface area contributed by atoms with Gasteiger partial charge in [-0.1, -0.05) is 35.3 Å². The van der Waals surface area contributed by atoms with Crippen LogP contribution in [0.3, 0.4) is 0 Å². The maximum Gasteiger partial charge on any atom is 0.0733 e. The van der Waals surface area contributed by atoms with Crippen LogP contribution in [0, 0.1) is 0 Å². The van der Waals surface area contributed by atoms with Gasteiger partial charge in [-0.2, -0.15) is 0 Å². The van der Waals surface area contributed by atoms with E-state index in [1.807, 2.05) is 12.1 Å². The molecule has 1 rings (SSSR count). The molecule has 3 radical (unpaired) electrons. The highest BCUT2D eigenvalue weighted by atomic mass is 35.5. The Bertz CT molecular complexity index is 202. The SMILES string of the molecule is [Si]c1cccc(Cl)c1Cl. The highest BCUT2D eigenvalue weighted by Crippen LogP contribution is 2.17. The van der Waals surface area contributed by atoms with Crippen LogP contribution < -0.4 is 5.19 Å². The van der Waals surface area contributed by atoms with Crippen LogP contribution in [0.4, 0.5) is 0 Å². The van der Waals surface area contributed by atoms with Crippen LogP contribution in [0.25, 0.3) is 0 Å². The minimum atomic E-state index is 0.566. The Kier molecular flexibility index (Phi) is 2.16. The van der Waals surface area contributed by atoms with Gasteiger partial charge < -0.3 is 0 Å². The summed E-state index contributed by atoms with van der Waals surface area (Å²) in [7, 11) is 3.28. The Balaban J connectivity index is 3.25. The zero-order valence-corrected chi connectivity index (χ0v) is 7.00. The molecule has 45 valence electrons. The van der Waals surface area contributed by atoms with Crippen LogP contribution in [0.2, 0.25) is 10.0 Å². The normalized spacial score (nSPS) is 9.67. The lowest BCUT2D eigenvalue weighted by Gasteiger charge is -1.96. The van der Waals surface area contributed by atoms with Crippen LogP contribution in [0.1, 0.15) is 0 Å². The molecule has 0 amide bonds. The fourth-order valence-electron chi connectivity index (χ4n) is 0.504. The number of halogens is 2. The van der Waals surface area contributed by atoms with E-state index in [-0.39, 0.29) is 0 Å². The quantitative estimate of drug-likeness (QED) is 0.526. The first-order chi connectivity index (χ1) is 4.22. The van der Waals surface area contributed by atoms with Crippen molar-refractivity contribution in [3.8, 4) is 0 Å². The third-order valence-electron chi connectivity index (χ3n) is 0.952. The van der Waals surface area contributed by atoms with E-state index in [1.165, 1.54) is 0 Å². The van der Waals surface area contributed by atoms with Crippen molar-refractivity contribution in [2.45, 2.75) is 0 Å². The van der Waals surface area contributed by atoms with E-state index in [4.69, 9.17) is 23.2 Å². The largest absolute Gasteiger partial charge is 0.0829 e. The molecule has 0 aliphatic rings. The van der Waals surface area contributed by atoms with Gasteiger partial charge in [0.15, 0.2) is 0 Å². The molecule has 0 spiro atoms. The van der Waals surface area contributed by atoms with E-state index in [9.17, 15) is 0 Å². The Morgan fingerprint density at radius 1 is 1.22 bits per heavy atom. The second kappa shape index (κ2) is 2.73. The molecule has 0 saturated carbocycles. The molecule has 0 aromatic heterocycles. The summed E-state index contributed by atoms with van der Waals surface area (Å²) < 4.78 is 0. The highest BCUT2D eigenvalue weighted by molar-refractivity contribution is 6.50. The summed E-state index contributed by atoms with van der Waals surface area (Å²) in [5, 5.41) is 1.96. The maximum atomic E-state index is 5.70. The summed E-state index contributed by atoms with van der Waals surface area (Å²) in [6, 6.07) is 5.41. The van der Waals surface area contributed by atoms with Gasteiger partial charge in [0.2, 0.25) is 0 Å². The number of hydrogen-bond donors (Lipinski definition) is 0. The summed E-state index contributed by atoms with van der Waals surface area (Å²) in [4.78, 5) is 0. The van der Waals surface area contributed by atoms with Gasteiger partial charge in [0.1, 0.15) is 0 Å². The van der Waals surface area contributed by atoms with Gasteiger partial charge in [-0.15, -0.1) is 0 Å². The molecule has 9 heavy (non-hydrogen) atoms. The minimum Gasteiger partial charge on any atom is -0.0829 e. The summed E-state index contributed by atoms with van der Waals surface area (Å²) in [6.07, 6.45) is 0. The van der Waals surface area contributed by atoms with Crippen LogP contribution in [-0.2, 0) is 0 Å². The van der Waals surface area contributed by atoms with Crippen LogP contribution in [-0.4, -0.2) is 10.2 Å². The summed E-state index contributed by atoms with van der Waals surface area (Å²) >= 11 is 11.3. The summed E-state index contributed by atoms with van der Waals surface area (Å²) in [5.74, 6) is 0. The molecule has 1 aromatic rings. The maximum absolute atomic E-state index is 5.70. The van der Waals surface area contributed by atoms with Crippen molar-refractivity contribution in [3.05, 3.63) is 28.2 Å². The fourth-order valence-corrected chi connectivity index (χ4v) is 1.11. The molecule has 0 aliphatic carbocycles. The van der Waals surface area contributed by atoms with Gasteiger partial charge in [-0.3, -0.25) is 0 Å². The second-order valence-corrected chi connectivity index (χ2v) is 2.93. The molecular formula is C6H3Cl2Si. The zero-order valence-electron chi connectivity index (χ0n) is 4.49. The lowest BCUT2D eigenvalue weighted by molar-refractivity contribution is 1.76. The molecule has 3 heteroatoms. The van der Waals surface area contributed by atoms with Gasteiger partial charge >= 0.3 is 0 Å². The fraction of sp³-hybridized carbons (Fsp3) is 0. The molecule has 0 aliphatic heterocycles. The van der Waals surface area contributed by atoms with E-state index in [0.29, 0.717) is 10.0 Å². The van der Waals surface area contributed by atoms with E-state index in [1.54, 1.807) is 6.07 Å². The third-order valence-corrected chi connectivity index (χ3v) is 2.35. The summed E-state index contributed by atoms with van der Waals surface area (Å²) in [5.41, 5.74) is 0. The molecule has 0 heterocycles. The molecule has 0 fully saturated rings. The minimum absolute atomic E-state index is 0.566. The second-order valence-electron chi connectivity index (χ2n) is 1.60. The molecule has 0 N–H and O–H groups in total. The molecule has 0 unspecified atom stereocenters. The van der Waals surface area contributed by atoms with Crippen molar-refractivity contribution in [1.82, 2.24) is 0 Å². The standard InChI is InChI=1S/C6H3Cl2Si/c7-4-2-1-3-5(9)6(4)8/h1-3H. The van der Waals surface area contributed by atoms with E-state index < -0.39 is 0 Å². The van der Waals surface area contributed by atoms with Gasteiger partial charge in [0, 0.05) is 0 Å². The Morgan fingerprint density at radius 3 is 2.33 bits per heavy atom. The number of hydrogen-bond acceptors (Lipinski definition) is 0. The predicted octanol–water partition coefficient (Wildman–Crippen LogP) is 1.79. The Hall–Kier alpha value is 0.0169. The zero-order chi connectivity index (χ0) is 6.85. The van der Waals surface area contributed by atoms with Gasteiger partial charge in [0.05, 0.1) is 20.3 Å². The predicted molar refractivity (Wildman–Crippen MR) is 41.9 cm³/mol. The van der Waals surface area contributed by atoms with Crippen molar-refractivity contribution >= 4 is 38.6 Å². The highest BCUT2D eigenvalue weighted by Gasteiger charge is 1.96. The average Bonchev–Trinajstić information content (AvgIpc) is 1.83. The Morgan fingerprint density at radius 2 is 1.89 bits per heavy atom. The van der Waals surface area contributed by atoms with Gasteiger partial charge in [-0.25, -0.2) is 0 Å². The molecule has 0 saturated heterocycles. The third kappa shape index (κ3) is 1.48.